The number of aromatic nitrogens is 2. The molecule has 12 heteroatoms. The summed E-state index contributed by atoms with van der Waals surface area (Å²) in [5, 5.41) is 8.26. The third-order valence-corrected chi connectivity index (χ3v) is 7.30. The van der Waals surface area contributed by atoms with E-state index in [1.54, 1.807) is 6.20 Å². The Bertz CT molecular complexity index is 1000. The van der Waals surface area contributed by atoms with Gasteiger partial charge in [0.15, 0.2) is 5.82 Å². The Morgan fingerprint density at radius 1 is 0.903 bits per heavy atom. The molecule has 3 heterocycles. The van der Waals surface area contributed by atoms with E-state index in [1.807, 2.05) is 11.0 Å². The van der Waals surface area contributed by atoms with Crippen LogP contribution in [0.15, 0.2) is 41.4 Å². The van der Waals surface area contributed by atoms with Crippen molar-refractivity contribution in [2.45, 2.75) is 11.1 Å². The van der Waals surface area contributed by atoms with E-state index >= 15 is 0 Å². The second-order valence-corrected chi connectivity index (χ2v) is 9.22. The molecular formula is C19H22F3N5O3S. The van der Waals surface area contributed by atoms with Gasteiger partial charge in [0, 0.05) is 45.3 Å². The Labute approximate surface area is 178 Å². The fourth-order valence-corrected chi connectivity index (χ4v) is 5.04. The molecular weight excluding hydrogens is 435 g/mol. The molecule has 0 unspecified atom stereocenters. The molecule has 1 aromatic carbocycles. The highest BCUT2D eigenvalue weighted by Gasteiger charge is 2.32. The van der Waals surface area contributed by atoms with Crippen LogP contribution in [0.1, 0.15) is 5.56 Å². The molecule has 2 aliphatic rings. The molecule has 0 aliphatic carbocycles. The molecule has 31 heavy (non-hydrogen) atoms. The first-order chi connectivity index (χ1) is 14.7. The topological polar surface area (TPSA) is 78.9 Å². The van der Waals surface area contributed by atoms with Crippen molar-refractivity contribution in [1.29, 1.82) is 0 Å². The molecule has 0 bridgehead atoms. The number of nitrogens with zero attached hydrogens (tertiary/aromatic N) is 5. The molecule has 0 spiro atoms. The lowest BCUT2D eigenvalue weighted by Gasteiger charge is -2.35. The van der Waals surface area contributed by atoms with Gasteiger partial charge < -0.3 is 14.5 Å². The van der Waals surface area contributed by atoms with Crippen LogP contribution in [0.2, 0.25) is 0 Å². The summed E-state index contributed by atoms with van der Waals surface area (Å²) >= 11 is 0. The Hall–Kier alpha value is -2.44. The van der Waals surface area contributed by atoms with E-state index in [0.29, 0.717) is 26.3 Å². The number of hydrogen-bond acceptors (Lipinski definition) is 7. The largest absolute Gasteiger partial charge is 0.416 e. The molecule has 0 saturated carbocycles. The van der Waals surface area contributed by atoms with E-state index in [-0.39, 0.29) is 18.0 Å². The first-order valence-corrected chi connectivity index (χ1v) is 11.3. The van der Waals surface area contributed by atoms with Crippen LogP contribution in [0.5, 0.6) is 0 Å². The molecule has 8 nitrogen and oxygen atoms in total. The lowest BCUT2D eigenvalue weighted by Crippen LogP contribution is -2.48. The molecule has 168 valence electrons. The van der Waals surface area contributed by atoms with E-state index in [0.717, 1.165) is 48.9 Å². The third kappa shape index (κ3) is 4.75. The van der Waals surface area contributed by atoms with Crippen molar-refractivity contribution in [2.75, 3.05) is 62.3 Å². The van der Waals surface area contributed by atoms with Gasteiger partial charge in [0.1, 0.15) is 0 Å². The Morgan fingerprint density at radius 2 is 1.55 bits per heavy atom. The second kappa shape index (κ2) is 8.60. The minimum atomic E-state index is -4.51. The van der Waals surface area contributed by atoms with E-state index in [1.165, 1.54) is 4.31 Å². The van der Waals surface area contributed by atoms with Gasteiger partial charge in [-0.2, -0.15) is 22.6 Å². The van der Waals surface area contributed by atoms with E-state index in [9.17, 15) is 21.6 Å². The van der Waals surface area contributed by atoms with Crippen LogP contribution < -0.4 is 9.80 Å². The average molecular weight is 457 g/mol. The van der Waals surface area contributed by atoms with Crippen LogP contribution in [0, 0.1) is 0 Å². The van der Waals surface area contributed by atoms with Crippen molar-refractivity contribution in [3.05, 3.63) is 42.1 Å². The quantitative estimate of drug-likeness (QED) is 0.693. The van der Waals surface area contributed by atoms with Gasteiger partial charge in [-0.3, -0.25) is 0 Å². The monoisotopic (exact) mass is 457 g/mol. The first-order valence-electron chi connectivity index (χ1n) is 9.83. The minimum Gasteiger partial charge on any atom is -0.378 e. The number of sulfonamides is 1. The van der Waals surface area contributed by atoms with Gasteiger partial charge >= 0.3 is 6.18 Å². The number of benzene rings is 1. The molecule has 2 aliphatic heterocycles. The van der Waals surface area contributed by atoms with Gasteiger partial charge in [0.2, 0.25) is 10.0 Å². The molecule has 1 aromatic heterocycles. The van der Waals surface area contributed by atoms with Crippen LogP contribution in [-0.4, -0.2) is 75.4 Å². The first kappa shape index (κ1) is 21.8. The van der Waals surface area contributed by atoms with Crippen LogP contribution in [0.4, 0.5) is 24.7 Å². The van der Waals surface area contributed by atoms with Gasteiger partial charge in [-0.15, -0.1) is 5.10 Å². The predicted octanol–water partition coefficient (Wildman–Crippen LogP) is 1.84. The molecule has 2 fully saturated rings. The minimum absolute atomic E-state index is 0.144. The molecule has 2 saturated heterocycles. The molecule has 4 rings (SSSR count). The number of ether oxygens (including phenoxy) is 1. The van der Waals surface area contributed by atoms with Gasteiger partial charge in [-0.05, 0) is 24.3 Å². The lowest BCUT2D eigenvalue weighted by atomic mass is 10.2. The summed E-state index contributed by atoms with van der Waals surface area (Å²) in [7, 11) is -3.87. The van der Waals surface area contributed by atoms with Crippen LogP contribution in [0.25, 0.3) is 0 Å². The van der Waals surface area contributed by atoms with Crippen molar-refractivity contribution in [3.63, 3.8) is 0 Å². The van der Waals surface area contributed by atoms with Crippen molar-refractivity contribution in [1.82, 2.24) is 14.5 Å². The average Bonchev–Trinajstić information content (AvgIpc) is 2.79. The van der Waals surface area contributed by atoms with Crippen molar-refractivity contribution in [3.8, 4) is 0 Å². The van der Waals surface area contributed by atoms with Crippen molar-refractivity contribution >= 4 is 21.5 Å². The summed E-state index contributed by atoms with van der Waals surface area (Å²) in [5.41, 5.74) is -0.0272. The number of rotatable bonds is 4. The maximum absolute atomic E-state index is 12.8. The number of hydrogen-bond donors (Lipinski definition) is 0. The smallest absolute Gasteiger partial charge is 0.378 e. The van der Waals surface area contributed by atoms with E-state index in [4.69, 9.17) is 4.74 Å². The fraction of sp³-hybridized carbons (Fsp3) is 0.474. The van der Waals surface area contributed by atoms with Crippen molar-refractivity contribution in [2.24, 2.45) is 0 Å². The maximum atomic E-state index is 12.8. The molecule has 2 aromatic rings. The third-order valence-electron chi connectivity index (χ3n) is 5.39. The van der Waals surface area contributed by atoms with E-state index < -0.39 is 21.8 Å². The second-order valence-electron chi connectivity index (χ2n) is 7.28. The summed E-state index contributed by atoms with van der Waals surface area (Å²) in [4.78, 5) is 3.97. The van der Waals surface area contributed by atoms with Crippen LogP contribution >= 0.6 is 0 Å². The Kier molecular flexibility index (Phi) is 6.04. The van der Waals surface area contributed by atoms with Gasteiger partial charge in [-0.1, -0.05) is 0 Å². The number of anilines is 2. The molecule has 0 amide bonds. The Morgan fingerprint density at radius 3 is 2.16 bits per heavy atom. The highest BCUT2D eigenvalue weighted by atomic mass is 32.2. The number of morpholine rings is 1. The summed E-state index contributed by atoms with van der Waals surface area (Å²) in [5.74, 6) is 0.751. The molecule has 0 N–H and O–H groups in total. The number of piperazine rings is 1. The molecule has 0 atom stereocenters. The zero-order chi connectivity index (χ0) is 22.1. The van der Waals surface area contributed by atoms with Crippen LogP contribution in [0.3, 0.4) is 0 Å². The zero-order valence-corrected chi connectivity index (χ0v) is 17.4. The van der Waals surface area contributed by atoms with Crippen LogP contribution in [-0.2, 0) is 20.9 Å². The summed E-state index contributed by atoms with van der Waals surface area (Å²) in [6.45, 7) is 4.05. The number of halogens is 3. The standard InChI is InChI=1S/C19H22F3N5O3S/c20-19(21,22)15-1-3-17(4-2-15)31(28,29)27-7-5-25(6-8-27)16-13-18(24-23-14-16)26-9-11-30-12-10-26/h1-4,13-14H,5-12H2. The normalized spacial score (nSPS) is 18.9. The Balaban J connectivity index is 1.42. The summed E-state index contributed by atoms with van der Waals surface area (Å²) in [6.07, 6.45) is -2.86. The van der Waals surface area contributed by atoms with E-state index in [2.05, 4.69) is 15.1 Å². The maximum Gasteiger partial charge on any atom is 0.416 e. The molecule has 0 radical (unpaired) electrons. The summed E-state index contributed by atoms with van der Waals surface area (Å²) in [6, 6.07) is 5.52. The highest BCUT2D eigenvalue weighted by Crippen LogP contribution is 2.30. The fourth-order valence-electron chi connectivity index (χ4n) is 3.62. The predicted molar refractivity (Wildman–Crippen MR) is 107 cm³/mol. The zero-order valence-electron chi connectivity index (χ0n) is 16.6. The van der Waals surface area contributed by atoms with Gasteiger partial charge in [0.05, 0.1) is 35.6 Å². The number of alkyl halides is 3. The van der Waals surface area contributed by atoms with Gasteiger partial charge in [0.25, 0.3) is 0 Å². The van der Waals surface area contributed by atoms with Gasteiger partial charge in [-0.25, -0.2) is 8.42 Å². The lowest BCUT2D eigenvalue weighted by molar-refractivity contribution is -0.137. The highest BCUT2D eigenvalue weighted by molar-refractivity contribution is 7.89. The summed E-state index contributed by atoms with van der Waals surface area (Å²) < 4.78 is 70.5. The van der Waals surface area contributed by atoms with Crippen molar-refractivity contribution < 1.29 is 26.3 Å². The SMILES string of the molecule is O=S(=O)(c1ccc(C(F)(F)F)cc1)N1CCN(c2cnnc(N3CCOCC3)c2)CC1.